The van der Waals surface area contributed by atoms with Crippen molar-refractivity contribution in [2.45, 2.75) is 19.0 Å². The molecule has 0 heterocycles. The van der Waals surface area contributed by atoms with Crippen LogP contribution in [0.25, 0.3) is 0 Å². The van der Waals surface area contributed by atoms with Crippen LogP contribution in [0.5, 0.6) is 0 Å². The first-order valence-electron chi connectivity index (χ1n) is 11.1. The molecule has 0 aliphatic carbocycles. The van der Waals surface area contributed by atoms with Gasteiger partial charge in [0, 0.05) is 29.5 Å². The predicted molar refractivity (Wildman–Crippen MR) is 146 cm³/mol. The van der Waals surface area contributed by atoms with E-state index in [0.717, 1.165) is 26.2 Å². The molecule has 3 rings (SSSR count). The molecule has 0 radical (unpaired) electrons. The van der Waals surface area contributed by atoms with E-state index >= 15 is 0 Å². The third kappa shape index (κ3) is 7.56. The fraction of sp³-hybridized carbons (Fsp3) is 0.231. The van der Waals surface area contributed by atoms with Gasteiger partial charge in [0.25, 0.3) is 0 Å². The van der Waals surface area contributed by atoms with Gasteiger partial charge in [0.05, 0.1) is 11.9 Å². The monoisotopic (exact) mass is 591 g/mol. The quantitative estimate of drug-likeness (QED) is 0.381. The number of halogens is 2. The summed E-state index contributed by atoms with van der Waals surface area (Å²) in [7, 11) is -2.30. The van der Waals surface area contributed by atoms with E-state index in [2.05, 4.69) is 21.2 Å². The van der Waals surface area contributed by atoms with Crippen LogP contribution in [-0.2, 0) is 32.6 Å². The molecule has 0 bridgehead atoms. The average Bonchev–Trinajstić information content (AvgIpc) is 2.84. The summed E-state index contributed by atoms with van der Waals surface area (Å²) in [5.74, 6) is -0.862. The van der Waals surface area contributed by atoms with Crippen LogP contribution in [0, 0.1) is 0 Å². The van der Waals surface area contributed by atoms with Crippen LogP contribution < -0.4 is 9.62 Å². The molecular formula is C26H27BrClN3O4S. The fourth-order valence-electron chi connectivity index (χ4n) is 3.77. The SMILES string of the molecule is CNC(=O)[C@@H](Cc1ccccc1)N(Cc1cccc(Br)c1)C(=O)CN(c1ccc(Cl)cc1)S(C)(=O)=O. The Kier molecular flexibility index (Phi) is 9.53. The summed E-state index contributed by atoms with van der Waals surface area (Å²) in [4.78, 5) is 28.3. The average molecular weight is 593 g/mol. The van der Waals surface area contributed by atoms with E-state index in [0.29, 0.717) is 10.7 Å². The van der Waals surface area contributed by atoms with Crippen LogP contribution in [0.3, 0.4) is 0 Å². The second-order valence-electron chi connectivity index (χ2n) is 8.22. The highest BCUT2D eigenvalue weighted by Crippen LogP contribution is 2.22. The Balaban J connectivity index is 2.02. The van der Waals surface area contributed by atoms with E-state index in [4.69, 9.17) is 11.6 Å². The molecule has 0 aliphatic heterocycles. The van der Waals surface area contributed by atoms with Gasteiger partial charge in [-0.25, -0.2) is 8.42 Å². The molecule has 0 unspecified atom stereocenters. The minimum absolute atomic E-state index is 0.113. The van der Waals surface area contributed by atoms with Crippen molar-refractivity contribution in [2.75, 3.05) is 24.2 Å². The molecule has 2 amide bonds. The number of nitrogens with one attached hydrogen (secondary N) is 1. The zero-order chi connectivity index (χ0) is 26.3. The molecule has 0 aliphatic rings. The van der Waals surface area contributed by atoms with Crippen molar-refractivity contribution in [1.29, 1.82) is 0 Å². The number of hydrogen-bond acceptors (Lipinski definition) is 4. The summed E-state index contributed by atoms with van der Waals surface area (Å²) in [5.41, 5.74) is 1.96. The Labute approximate surface area is 225 Å². The standard InChI is InChI=1S/C26H27BrClN3O4S/c1-29-26(33)24(16-19-7-4-3-5-8-19)30(17-20-9-6-10-21(27)15-20)25(32)18-31(36(2,34)35)23-13-11-22(28)12-14-23/h3-15,24H,16-18H2,1-2H3,(H,29,33)/t24-/m1/s1. The highest BCUT2D eigenvalue weighted by Gasteiger charge is 2.32. The van der Waals surface area contributed by atoms with Gasteiger partial charge in [0.1, 0.15) is 12.6 Å². The second kappa shape index (κ2) is 12.4. The number of sulfonamides is 1. The summed E-state index contributed by atoms with van der Waals surface area (Å²) < 4.78 is 27.2. The van der Waals surface area contributed by atoms with E-state index in [1.165, 1.54) is 24.1 Å². The minimum Gasteiger partial charge on any atom is -0.357 e. The van der Waals surface area contributed by atoms with E-state index in [9.17, 15) is 18.0 Å². The van der Waals surface area contributed by atoms with Crippen molar-refractivity contribution in [2.24, 2.45) is 0 Å². The molecule has 0 aromatic heterocycles. The molecule has 36 heavy (non-hydrogen) atoms. The molecule has 190 valence electrons. The molecule has 10 heteroatoms. The van der Waals surface area contributed by atoms with Crippen LogP contribution in [0.4, 0.5) is 5.69 Å². The zero-order valence-corrected chi connectivity index (χ0v) is 23.1. The normalized spacial score (nSPS) is 12.0. The third-order valence-electron chi connectivity index (χ3n) is 5.55. The van der Waals surface area contributed by atoms with Crippen LogP contribution in [0.15, 0.2) is 83.3 Å². The van der Waals surface area contributed by atoms with E-state index in [-0.39, 0.29) is 18.9 Å². The topological polar surface area (TPSA) is 86.8 Å². The fourth-order valence-corrected chi connectivity index (χ4v) is 5.20. The predicted octanol–water partition coefficient (Wildman–Crippen LogP) is 4.25. The number of amides is 2. The number of anilines is 1. The van der Waals surface area contributed by atoms with Gasteiger partial charge >= 0.3 is 0 Å². The lowest BCUT2D eigenvalue weighted by Crippen LogP contribution is -2.52. The first-order valence-corrected chi connectivity index (χ1v) is 14.1. The number of benzene rings is 3. The molecule has 1 N–H and O–H groups in total. The largest absolute Gasteiger partial charge is 0.357 e. The van der Waals surface area contributed by atoms with Gasteiger partial charge in [0.2, 0.25) is 21.8 Å². The highest BCUT2D eigenvalue weighted by atomic mass is 79.9. The van der Waals surface area contributed by atoms with Crippen LogP contribution >= 0.6 is 27.5 Å². The van der Waals surface area contributed by atoms with E-state index in [1.807, 2.05) is 54.6 Å². The number of rotatable bonds is 10. The number of carbonyl (C=O) groups is 2. The van der Waals surface area contributed by atoms with Gasteiger partial charge in [-0.05, 0) is 47.5 Å². The van der Waals surface area contributed by atoms with Crippen LogP contribution in [-0.4, -0.2) is 51.0 Å². The van der Waals surface area contributed by atoms with Gasteiger partial charge in [-0.15, -0.1) is 0 Å². The molecule has 0 fully saturated rings. The zero-order valence-electron chi connectivity index (χ0n) is 19.9. The summed E-state index contributed by atoms with van der Waals surface area (Å²) in [6.07, 6.45) is 1.30. The molecule has 7 nitrogen and oxygen atoms in total. The molecule has 0 saturated carbocycles. The first-order chi connectivity index (χ1) is 17.1. The Morgan fingerprint density at radius 1 is 0.972 bits per heavy atom. The van der Waals surface area contributed by atoms with Crippen LogP contribution in [0.2, 0.25) is 5.02 Å². The summed E-state index contributed by atoms with van der Waals surface area (Å²) >= 11 is 9.41. The van der Waals surface area contributed by atoms with Crippen LogP contribution in [0.1, 0.15) is 11.1 Å². The first kappa shape index (κ1) is 27.7. The minimum atomic E-state index is -3.81. The maximum Gasteiger partial charge on any atom is 0.244 e. The Morgan fingerprint density at radius 3 is 2.19 bits per heavy atom. The Bertz CT molecular complexity index is 1300. The molecule has 0 spiro atoms. The lowest BCUT2D eigenvalue weighted by Gasteiger charge is -2.33. The maximum absolute atomic E-state index is 13.8. The summed E-state index contributed by atoms with van der Waals surface area (Å²) in [6.45, 7) is -0.363. The lowest BCUT2D eigenvalue weighted by molar-refractivity contribution is -0.139. The number of likely N-dealkylation sites (N-methyl/N-ethyl adjacent to an activating group) is 1. The van der Waals surface area contributed by atoms with Gasteiger partial charge in [0.15, 0.2) is 0 Å². The second-order valence-corrected chi connectivity index (χ2v) is 11.5. The van der Waals surface area contributed by atoms with Gasteiger partial charge < -0.3 is 10.2 Å². The van der Waals surface area contributed by atoms with Crippen molar-refractivity contribution < 1.29 is 18.0 Å². The van der Waals surface area contributed by atoms with E-state index < -0.39 is 28.5 Å². The van der Waals surface area contributed by atoms with Crippen molar-refractivity contribution >= 4 is 55.1 Å². The molecule has 0 saturated heterocycles. The third-order valence-corrected chi connectivity index (χ3v) is 7.44. The molecular weight excluding hydrogens is 566 g/mol. The van der Waals surface area contributed by atoms with Crippen molar-refractivity contribution in [3.8, 4) is 0 Å². The molecule has 3 aromatic rings. The molecule has 1 atom stereocenters. The van der Waals surface area contributed by atoms with Crippen molar-refractivity contribution in [1.82, 2.24) is 10.2 Å². The number of nitrogens with zero attached hydrogens (tertiary/aromatic N) is 2. The van der Waals surface area contributed by atoms with Gasteiger partial charge in [-0.2, -0.15) is 0 Å². The highest BCUT2D eigenvalue weighted by molar-refractivity contribution is 9.10. The summed E-state index contributed by atoms with van der Waals surface area (Å²) in [5, 5.41) is 3.09. The molecule has 3 aromatic carbocycles. The smallest absolute Gasteiger partial charge is 0.244 e. The number of hydrogen-bond donors (Lipinski definition) is 1. The van der Waals surface area contributed by atoms with Gasteiger partial charge in [-0.1, -0.05) is 70.0 Å². The lowest BCUT2D eigenvalue weighted by atomic mass is 10.0. The van der Waals surface area contributed by atoms with E-state index in [1.54, 1.807) is 12.1 Å². The summed E-state index contributed by atoms with van der Waals surface area (Å²) in [6, 6.07) is 22.1. The van der Waals surface area contributed by atoms with Crippen molar-refractivity contribution in [3.63, 3.8) is 0 Å². The maximum atomic E-state index is 13.8. The Hall–Kier alpha value is -2.88. The van der Waals surface area contributed by atoms with Crippen molar-refractivity contribution in [3.05, 3.63) is 99.5 Å². The Morgan fingerprint density at radius 2 is 1.61 bits per heavy atom. The number of carbonyl (C=O) groups excluding carboxylic acids is 2. The van der Waals surface area contributed by atoms with Gasteiger partial charge in [-0.3, -0.25) is 13.9 Å².